The van der Waals surface area contributed by atoms with Crippen molar-refractivity contribution in [1.82, 2.24) is 10.2 Å². The first kappa shape index (κ1) is 19.4. The summed E-state index contributed by atoms with van der Waals surface area (Å²) in [4.78, 5) is 15.0. The van der Waals surface area contributed by atoms with Gasteiger partial charge in [0.15, 0.2) is 6.10 Å². The first-order chi connectivity index (χ1) is 13.2. The Labute approximate surface area is 162 Å². The number of amides is 1. The first-order valence-electron chi connectivity index (χ1n) is 9.96. The van der Waals surface area contributed by atoms with Gasteiger partial charge < -0.3 is 10.1 Å². The molecule has 1 aliphatic heterocycles. The number of carbonyl (C=O) groups excluding carboxylic acids is 1. The molecule has 27 heavy (non-hydrogen) atoms. The van der Waals surface area contributed by atoms with Crippen LogP contribution in [-0.2, 0) is 17.9 Å². The number of nitrogens with one attached hydrogen (secondary N) is 1. The van der Waals surface area contributed by atoms with Gasteiger partial charge in [0.05, 0.1) is 0 Å². The van der Waals surface area contributed by atoms with Gasteiger partial charge in [-0.2, -0.15) is 0 Å². The molecule has 1 aliphatic rings. The molecule has 1 N–H and O–H groups in total. The van der Waals surface area contributed by atoms with Gasteiger partial charge in [0, 0.05) is 13.1 Å². The maximum Gasteiger partial charge on any atom is 0.261 e. The molecule has 1 atom stereocenters. The summed E-state index contributed by atoms with van der Waals surface area (Å²) < 4.78 is 5.92. The van der Waals surface area contributed by atoms with Crippen LogP contribution in [0.2, 0.25) is 0 Å². The fourth-order valence-corrected chi connectivity index (χ4v) is 3.43. The molecular weight excluding hydrogens is 336 g/mol. The van der Waals surface area contributed by atoms with E-state index in [0.717, 1.165) is 23.4 Å². The summed E-state index contributed by atoms with van der Waals surface area (Å²) in [6, 6.07) is 16.3. The molecule has 2 aromatic carbocycles. The van der Waals surface area contributed by atoms with Gasteiger partial charge >= 0.3 is 0 Å². The molecular formula is C23H30N2O2. The zero-order valence-electron chi connectivity index (χ0n) is 16.4. The van der Waals surface area contributed by atoms with E-state index in [1.165, 1.54) is 31.5 Å². The molecule has 4 nitrogen and oxygen atoms in total. The normalized spacial score (nSPS) is 15.5. The molecule has 1 heterocycles. The molecule has 0 radical (unpaired) electrons. The SMILES string of the molecule is CC[C@H](Oc1ccccc1C)C(=O)NCc1ccc(CN2CCCC2)cc1. The third-order valence-corrected chi connectivity index (χ3v) is 5.12. The number of ether oxygens (including phenoxy) is 1. The Kier molecular flexibility index (Phi) is 6.88. The van der Waals surface area contributed by atoms with Crippen LogP contribution in [0.1, 0.15) is 42.9 Å². The van der Waals surface area contributed by atoms with Crippen LogP contribution in [0.3, 0.4) is 0 Å². The van der Waals surface area contributed by atoms with Crippen LogP contribution in [0.15, 0.2) is 48.5 Å². The fourth-order valence-electron chi connectivity index (χ4n) is 3.43. The highest BCUT2D eigenvalue weighted by Gasteiger charge is 2.18. The van der Waals surface area contributed by atoms with Crippen LogP contribution in [0.5, 0.6) is 5.75 Å². The van der Waals surface area contributed by atoms with Gasteiger partial charge in [-0.15, -0.1) is 0 Å². The monoisotopic (exact) mass is 366 g/mol. The summed E-state index contributed by atoms with van der Waals surface area (Å²) in [6.45, 7) is 7.92. The Balaban J connectivity index is 1.50. The predicted molar refractivity (Wildman–Crippen MR) is 109 cm³/mol. The van der Waals surface area contributed by atoms with Gasteiger partial charge in [0.25, 0.3) is 5.91 Å². The lowest BCUT2D eigenvalue weighted by molar-refractivity contribution is -0.128. The molecule has 0 aliphatic carbocycles. The standard InChI is InChI=1S/C23H30N2O2/c1-3-21(27-22-9-5-4-8-18(22)2)23(26)24-16-19-10-12-20(13-11-19)17-25-14-6-7-15-25/h4-5,8-13,21H,3,6-7,14-17H2,1-2H3,(H,24,26)/t21-/m0/s1. The van der Waals surface area contributed by atoms with E-state index in [4.69, 9.17) is 4.74 Å². The van der Waals surface area contributed by atoms with Gasteiger partial charge in [-0.3, -0.25) is 9.69 Å². The molecule has 4 heteroatoms. The van der Waals surface area contributed by atoms with Gasteiger partial charge in [-0.25, -0.2) is 0 Å². The van der Waals surface area contributed by atoms with Crippen molar-refractivity contribution in [3.63, 3.8) is 0 Å². The highest BCUT2D eigenvalue weighted by molar-refractivity contribution is 5.81. The largest absolute Gasteiger partial charge is 0.480 e. The molecule has 2 aromatic rings. The number of rotatable bonds is 8. The average molecular weight is 367 g/mol. The number of benzene rings is 2. The van der Waals surface area contributed by atoms with E-state index >= 15 is 0 Å². The van der Waals surface area contributed by atoms with Crippen LogP contribution >= 0.6 is 0 Å². The smallest absolute Gasteiger partial charge is 0.261 e. The van der Waals surface area contributed by atoms with Crippen molar-refractivity contribution in [3.8, 4) is 5.75 Å². The van der Waals surface area contributed by atoms with Gasteiger partial charge in [0.1, 0.15) is 5.75 Å². The van der Waals surface area contributed by atoms with Crippen molar-refractivity contribution in [2.75, 3.05) is 13.1 Å². The molecule has 0 spiro atoms. The Morgan fingerprint density at radius 3 is 2.41 bits per heavy atom. The number of hydrogen-bond acceptors (Lipinski definition) is 3. The van der Waals surface area contributed by atoms with Crippen LogP contribution in [0, 0.1) is 6.92 Å². The lowest BCUT2D eigenvalue weighted by Crippen LogP contribution is -2.37. The van der Waals surface area contributed by atoms with Gasteiger partial charge in [-0.1, -0.05) is 49.4 Å². The van der Waals surface area contributed by atoms with Gasteiger partial charge in [-0.05, 0) is 62.0 Å². The fraction of sp³-hybridized carbons (Fsp3) is 0.435. The number of hydrogen-bond donors (Lipinski definition) is 1. The minimum Gasteiger partial charge on any atom is -0.480 e. The second-order valence-electron chi connectivity index (χ2n) is 7.30. The quantitative estimate of drug-likeness (QED) is 0.766. The molecule has 1 fully saturated rings. The Hall–Kier alpha value is -2.33. The van der Waals surface area contributed by atoms with Crippen LogP contribution < -0.4 is 10.1 Å². The van der Waals surface area contributed by atoms with E-state index in [2.05, 4.69) is 34.5 Å². The maximum atomic E-state index is 12.5. The minimum atomic E-state index is -0.472. The van der Waals surface area contributed by atoms with E-state index in [1.807, 2.05) is 38.1 Å². The Morgan fingerprint density at radius 2 is 1.74 bits per heavy atom. The first-order valence-corrected chi connectivity index (χ1v) is 9.96. The lowest BCUT2D eigenvalue weighted by atomic mass is 10.1. The molecule has 1 amide bonds. The molecule has 3 rings (SSSR count). The van der Waals surface area contributed by atoms with E-state index < -0.39 is 6.10 Å². The predicted octanol–water partition coefficient (Wildman–Crippen LogP) is 4.06. The van der Waals surface area contributed by atoms with E-state index in [1.54, 1.807) is 0 Å². The molecule has 0 bridgehead atoms. The highest BCUT2D eigenvalue weighted by atomic mass is 16.5. The zero-order valence-corrected chi connectivity index (χ0v) is 16.4. The van der Waals surface area contributed by atoms with Crippen molar-refractivity contribution in [2.24, 2.45) is 0 Å². The van der Waals surface area contributed by atoms with Crippen molar-refractivity contribution in [2.45, 2.75) is 52.3 Å². The molecule has 144 valence electrons. The zero-order chi connectivity index (χ0) is 19.1. The molecule has 0 aromatic heterocycles. The van der Waals surface area contributed by atoms with E-state index in [0.29, 0.717) is 13.0 Å². The summed E-state index contributed by atoms with van der Waals surface area (Å²) in [5, 5.41) is 3.01. The number of nitrogens with zero attached hydrogens (tertiary/aromatic N) is 1. The number of para-hydroxylation sites is 1. The topological polar surface area (TPSA) is 41.6 Å². The summed E-state index contributed by atoms with van der Waals surface area (Å²) in [5.41, 5.74) is 3.48. The average Bonchev–Trinajstić information content (AvgIpc) is 3.19. The Bertz CT molecular complexity index is 736. The number of aryl methyl sites for hydroxylation is 1. The molecule has 0 saturated carbocycles. The summed E-state index contributed by atoms with van der Waals surface area (Å²) in [6.07, 6.45) is 2.79. The third-order valence-electron chi connectivity index (χ3n) is 5.12. The van der Waals surface area contributed by atoms with Crippen molar-refractivity contribution in [1.29, 1.82) is 0 Å². The number of likely N-dealkylation sites (tertiary alicyclic amines) is 1. The summed E-state index contributed by atoms with van der Waals surface area (Å²) >= 11 is 0. The Morgan fingerprint density at radius 1 is 1.07 bits per heavy atom. The van der Waals surface area contributed by atoms with Crippen LogP contribution in [0.25, 0.3) is 0 Å². The van der Waals surface area contributed by atoms with Crippen molar-refractivity contribution in [3.05, 3.63) is 65.2 Å². The van der Waals surface area contributed by atoms with Crippen molar-refractivity contribution < 1.29 is 9.53 Å². The minimum absolute atomic E-state index is 0.0677. The summed E-state index contributed by atoms with van der Waals surface area (Å²) in [7, 11) is 0. The molecule has 0 unspecified atom stereocenters. The number of carbonyl (C=O) groups is 1. The molecule has 1 saturated heterocycles. The van der Waals surface area contributed by atoms with Gasteiger partial charge in [0.2, 0.25) is 0 Å². The van der Waals surface area contributed by atoms with Crippen molar-refractivity contribution >= 4 is 5.91 Å². The highest BCUT2D eigenvalue weighted by Crippen LogP contribution is 2.19. The van der Waals surface area contributed by atoms with E-state index in [9.17, 15) is 4.79 Å². The van der Waals surface area contributed by atoms with Crippen LogP contribution in [-0.4, -0.2) is 30.0 Å². The lowest BCUT2D eigenvalue weighted by Gasteiger charge is -2.19. The second kappa shape index (κ2) is 9.56. The summed E-state index contributed by atoms with van der Waals surface area (Å²) in [5.74, 6) is 0.702. The third kappa shape index (κ3) is 5.57. The van der Waals surface area contributed by atoms with Crippen LogP contribution in [0.4, 0.5) is 0 Å². The van der Waals surface area contributed by atoms with E-state index in [-0.39, 0.29) is 5.91 Å². The maximum absolute atomic E-state index is 12.5. The second-order valence-corrected chi connectivity index (χ2v) is 7.30.